The van der Waals surface area contributed by atoms with Crippen LogP contribution < -0.4 is 11.1 Å². The summed E-state index contributed by atoms with van der Waals surface area (Å²) >= 11 is 0. The maximum absolute atomic E-state index is 14.2. The lowest BCUT2D eigenvalue weighted by molar-refractivity contribution is 0.0596. The normalized spacial score (nSPS) is 34.5. The third-order valence-electron chi connectivity index (χ3n) is 18.9. The van der Waals surface area contributed by atoms with E-state index in [1.165, 1.54) is 80.9 Å². The summed E-state index contributed by atoms with van der Waals surface area (Å²) in [5.41, 5.74) is 13.5. The second-order valence-corrected chi connectivity index (χ2v) is 26.2. The molecular weight excluding hydrogens is 890 g/mol. The van der Waals surface area contributed by atoms with Crippen LogP contribution in [-0.2, 0) is 0 Å². The van der Waals surface area contributed by atoms with E-state index in [2.05, 4.69) is 92.1 Å². The van der Waals surface area contributed by atoms with Crippen LogP contribution in [0.3, 0.4) is 0 Å². The Balaban J connectivity index is 0.000000244. The van der Waals surface area contributed by atoms with Crippen molar-refractivity contribution in [1.82, 2.24) is 5.32 Å². The molecule has 0 bridgehead atoms. The molecule has 7 rings (SSSR count). The smallest absolute Gasteiger partial charge is 0.254 e. The van der Waals surface area contributed by atoms with Gasteiger partial charge in [0, 0.05) is 12.1 Å². The van der Waals surface area contributed by atoms with Crippen molar-refractivity contribution in [3.05, 3.63) is 106 Å². The Hall–Kier alpha value is -3.20. The largest absolute Gasteiger partial charge is 0.393 e. The maximum Gasteiger partial charge on any atom is 0.254 e. The van der Waals surface area contributed by atoms with Crippen molar-refractivity contribution >= 4 is 5.91 Å². The Bertz CT molecular complexity index is 2190. The van der Waals surface area contributed by atoms with Gasteiger partial charge in [-0.2, -0.15) is 0 Å². The molecule has 6 fully saturated rings. The zero-order valence-corrected chi connectivity index (χ0v) is 45.8. The second kappa shape index (κ2) is 23.6. The van der Waals surface area contributed by atoms with Crippen LogP contribution in [-0.4, -0.2) is 39.9 Å². The first-order valence-corrected chi connectivity index (χ1v) is 28.0. The number of fused-ring (bicyclic) bond motifs is 2. The van der Waals surface area contributed by atoms with Gasteiger partial charge in [-0.25, -0.2) is 13.2 Å². The molecule has 12 atom stereocenters. The molecule has 0 aromatic heterocycles. The van der Waals surface area contributed by atoms with E-state index in [9.17, 15) is 28.2 Å². The number of aliphatic hydroxyl groups is 2. The Morgan fingerprint density at radius 1 is 0.775 bits per heavy atom. The van der Waals surface area contributed by atoms with Crippen LogP contribution >= 0.6 is 0 Å². The van der Waals surface area contributed by atoms with E-state index in [0.29, 0.717) is 58.6 Å². The molecule has 1 amide bonds. The van der Waals surface area contributed by atoms with E-state index in [-0.39, 0.29) is 17.9 Å². The lowest BCUT2D eigenvalue weighted by Crippen LogP contribution is -2.42. The first kappa shape index (κ1) is 57.1. The Labute approximate surface area is 428 Å². The third kappa shape index (κ3) is 14.1. The van der Waals surface area contributed by atoms with Crippen molar-refractivity contribution < 1.29 is 28.2 Å². The number of halogens is 3. The predicted octanol–water partition coefficient (Wildman–Crippen LogP) is 15.8. The zero-order valence-electron chi connectivity index (χ0n) is 45.8. The molecule has 6 aliphatic carbocycles. The molecule has 6 saturated carbocycles. The van der Waals surface area contributed by atoms with E-state index < -0.39 is 46.7 Å². The van der Waals surface area contributed by atoms with Gasteiger partial charge in [0.1, 0.15) is 5.82 Å². The van der Waals surface area contributed by atoms with Crippen LogP contribution in [0.15, 0.2) is 83.0 Å². The molecule has 0 unspecified atom stereocenters. The summed E-state index contributed by atoms with van der Waals surface area (Å²) in [4.78, 5) is 12.7. The Morgan fingerprint density at radius 3 is 1.80 bits per heavy atom. The van der Waals surface area contributed by atoms with Gasteiger partial charge in [0.15, 0.2) is 11.6 Å². The van der Waals surface area contributed by atoms with E-state index >= 15 is 0 Å². The number of aliphatic hydroxyl groups excluding tert-OH is 1. The highest BCUT2D eigenvalue weighted by Gasteiger charge is 2.52. The number of hydrogen-bond acceptors (Lipinski definition) is 4. The van der Waals surface area contributed by atoms with E-state index in [1.54, 1.807) is 5.57 Å². The SMILES string of the molecule is C=C1/C(=C\C=C2/CCC[C@]3(C)[C@@H]([C@H](C)CCCC(C)(C)C)CC[C@@H]23)C[C@@H](C)C[C@@H]1N.C=C1/C(=C\C=C2/CCC[C@]3(C)[C@@H]([C@H](C)CCCC(C)(C)O)CC[C@@H]23)C[C@@H](O)C[C@@H]1NC(=O)c1cc(F)c(F)cc1F. The molecule has 71 heavy (non-hydrogen) atoms. The molecule has 1 aromatic carbocycles. The molecule has 5 nitrogen and oxygen atoms in total. The number of carbonyl (C=O) groups excluding carboxylic acids is 1. The maximum atomic E-state index is 14.2. The van der Waals surface area contributed by atoms with Gasteiger partial charge in [-0.1, -0.05) is 130 Å². The van der Waals surface area contributed by atoms with Crippen molar-refractivity contribution in [1.29, 1.82) is 0 Å². The monoisotopic (exact) mass is 985 g/mol. The molecule has 0 saturated heterocycles. The van der Waals surface area contributed by atoms with Crippen LogP contribution in [0.4, 0.5) is 13.2 Å². The van der Waals surface area contributed by atoms with E-state index in [1.807, 2.05) is 19.9 Å². The number of carbonyl (C=O) groups is 1. The first-order valence-electron chi connectivity index (χ1n) is 28.0. The van der Waals surface area contributed by atoms with Crippen molar-refractivity contribution in [2.75, 3.05) is 0 Å². The van der Waals surface area contributed by atoms with Gasteiger partial charge >= 0.3 is 0 Å². The standard InChI is InChI=1S/C34H46F3NO3.C29H49N/c1-20(8-6-14-33(3,4)41)26-12-13-27-22(9-7-15-34(26,27)5)10-11-23-16-24(39)17-31(21(23)2)38-32(40)25-18-29(36)30(37)19-28(25)35;1-20-18-24(22(3)27(30)19-20)13-12-23-11-9-17-29(7)25(14-15-26(23)29)21(2)10-8-16-28(4,5)6/h10-11,18-20,24,26-27,31,39,41H,2,6-9,12-17H2,1,3-5H3,(H,38,40);12-13,20-21,25-27H,3,8-11,14-19,30H2,1-2,4-7H3/b22-10+,23-11-;23-12+,24-13-/t20-,24-,26-,27+,31+,34-;20-,21-,25-,26+,27+,29-/m11/s1. The fourth-order valence-electron chi connectivity index (χ4n) is 15.0. The van der Waals surface area contributed by atoms with Gasteiger partial charge in [0.2, 0.25) is 0 Å². The first-order chi connectivity index (χ1) is 33.2. The topological polar surface area (TPSA) is 95.6 Å². The van der Waals surface area contributed by atoms with Crippen LogP contribution in [0.5, 0.6) is 0 Å². The fraction of sp³-hybridized carbons (Fsp3) is 0.698. The number of hydrogen-bond donors (Lipinski definition) is 4. The average molecular weight is 985 g/mol. The highest BCUT2D eigenvalue weighted by Crippen LogP contribution is 2.61. The highest BCUT2D eigenvalue weighted by molar-refractivity contribution is 5.95. The van der Waals surface area contributed by atoms with Crippen molar-refractivity contribution in [2.24, 2.45) is 63.4 Å². The molecular formula is C63H95F3N2O3. The lowest BCUT2D eigenvalue weighted by atomic mass is 9.60. The minimum absolute atomic E-state index is 0.153. The fourth-order valence-corrected chi connectivity index (χ4v) is 15.0. The molecule has 6 aliphatic rings. The quantitative estimate of drug-likeness (QED) is 0.148. The van der Waals surface area contributed by atoms with Gasteiger partial charge < -0.3 is 21.3 Å². The minimum atomic E-state index is -1.36. The highest BCUT2D eigenvalue weighted by atomic mass is 19.2. The summed E-state index contributed by atoms with van der Waals surface area (Å²) in [5.74, 6) is 0.290. The van der Waals surface area contributed by atoms with Crippen molar-refractivity contribution in [2.45, 2.75) is 221 Å². The number of nitrogens with two attached hydrogens (primary N) is 1. The summed E-state index contributed by atoms with van der Waals surface area (Å²) in [6.07, 6.45) is 31.0. The van der Waals surface area contributed by atoms with E-state index in [4.69, 9.17) is 5.73 Å². The number of benzene rings is 1. The van der Waals surface area contributed by atoms with Gasteiger partial charge in [0.05, 0.1) is 23.3 Å². The van der Waals surface area contributed by atoms with Gasteiger partial charge in [-0.15, -0.1) is 0 Å². The van der Waals surface area contributed by atoms with Crippen LogP contribution in [0.1, 0.15) is 208 Å². The van der Waals surface area contributed by atoms with Gasteiger partial charge in [-0.3, -0.25) is 4.79 Å². The molecule has 0 aliphatic heterocycles. The second-order valence-electron chi connectivity index (χ2n) is 26.2. The van der Waals surface area contributed by atoms with Crippen LogP contribution in [0, 0.1) is 75.1 Å². The van der Waals surface area contributed by atoms with E-state index in [0.717, 1.165) is 74.7 Å². The molecule has 0 heterocycles. The van der Waals surface area contributed by atoms with Gasteiger partial charge in [0.25, 0.3) is 5.91 Å². The summed E-state index contributed by atoms with van der Waals surface area (Å²) in [7, 11) is 0. The lowest BCUT2D eigenvalue weighted by Gasteiger charge is -2.44. The van der Waals surface area contributed by atoms with Crippen molar-refractivity contribution in [3.8, 4) is 0 Å². The molecule has 1 aromatic rings. The number of allylic oxidation sites excluding steroid dienone is 6. The summed E-state index contributed by atoms with van der Waals surface area (Å²) in [5, 5.41) is 23.3. The molecule has 8 heteroatoms. The Morgan fingerprint density at radius 2 is 1.28 bits per heavy atom. The third-order valence-corrected chi connectivity index (χ3v) is 18.9. The molecule has 0 spiro atoms. The number of nitrogens with one attached hydrogen (secondary N) is 1. The van der Waals surface area contributed by atoms with Gasteiger partial charge in [-0.05, 0) is 203 Å². The Kier molecular flexibility index (Phi) is 18.9. The summed E-state index contributed by atoms with van der Waals surface area (Å²) < 4.78 is 41.1. The number of amides is 1. The van der Waals surface area contributed by atoms with Crippen LogP contribution in [0.25, 0.3) is 0 Å². The molecule has 5 N–H and O–H groups in total. The van der Waals surface area contributed by atoms with Crippen LogP contribution in [0.2, 0.25) is 0 Å². The minimum Gasteiger partial charge on any atom is -0.393 e. The summed E-state index contributed by atoms with van der Waals surface area (Å²) in [6.45, 7) is 31.7. The summed E-state index contributed by atoms with van der Waals surface area (Å²) in [6, 6.07) is 0.404. The molecule has 0 radical (unpaired) electrons. The average Bonchev–Trinajstić information content (AvgIpc) is 3.82. The predicted molar refractivity (Wildman–Crippen MR) is 288 cm³/mol. The zero-order chi connectivity index (χ0) is 52.2. The van der Waals surface area contributed by atoms with Crippen molar-refractivity contribution in [3.63, 3.8) is 0 Å². The molecule has 396 valence electrons. The number of rotatable bonds is 13.